The van der Waals surface area contributed by atoms with Gasteiger partial charge in [0.25, 0.3) is 5.91 Å². The average molecular weight is 447 g/mol. The maximum absolute atomic E-state index is 12.8. The van der Waals surface area contributed by atoms with Crippen LogP contribution in [-0.2, 0) is 27.1 Å². The molecule has 1 aliphatic rings. The minimum Gasteiger partial charge on any atom is -0.494 e. The van der Waals surface area contributed by atoms with Crippen LogP contribution >= 0.6 is 0 Å². The topological polar surface area (TPSA) is 84.9 Å². The van der Waals surface area contributed by atoms with Crippen LogP contribution in [-0.4, -0.2) is 51.5 Å². The summed E-state index contributed by atoms with van der Waals surface area (Å²) in [5.74, 6) is 0.428. The highest BCUT2D eigenvalue weighted by Gasteiger charge is 2.25. The summed E-state index contributed by atoms with van der Waals surface area (Å²) in [6, 6.07) is 14.3. The van der Waals surface area contributed by atoms with Crippen molar-refractivity contribution in [1.29, 1.82) is 0 Å². The monoisotopic (exact) mass is 446 g/mol. The molecule has 168 valence electrons. The van der Waals surface area contributed by atoms with E-state index in [-0.39, 0.29) is 18.2 Å². The van der Waals surface area contributed by atoms with Crippen molar-refractivity contribution in [3.63, 3.8) is 0 Å². The number of carbonyl (C=O) groups is 1. The Kier molecular flexibility index (Phi) is 8.45. The lowest BCUT2D eigenvalue weighted by molar-refractivity contribution is 0.0729. The summed E-state index contributed by atoms with van der Waals surface area (Å²) in [5, 5.41) is 2.88. The van der Waals surface area contributed by atoms with E-state index in [4.69, 9.17) is 9.47 Å². The minimum atomic E-state index is -3.44. The Morgan fingerprint density at radius 3 is 2.42 bits per heavy atom. The molecule has 0 aromatic heterocycles. The molecule has 0 unspecified atom stereocenters. The Morgan fingerprint density at radius 1 is 1.06 bits per heavy atom. The van der Waals surface area contributed by atoms with Gasteiger partial charge in [-0.25, -0.2) is 8.42 Å². The van der Waals surface area contributed by atoms with Gasteiger partial charge in [-0.2, -0.15) is 4.31 Å². The number of ether oxygens (including phenoxy) is 2. The highest BCUT2D eigenvalue weighted by Crippen LogP contribution is 2.17. The summed E-state index contributed by atoms with van der Waals surface area (Å²) in [4.78, 5) is 12.5. The first-order chi connectivity index (χ1) is 15.0. The molecule has 1 fully saturated rings. The molecule has 1 amide bonds. The van der Waals surface area contributed by atoms with Crippen molar-refractivity contribution < 1.29 is 22.7 Å². The largest absolute Gasteiger partial charge is 0.494 e. The van der Waals surface area contributed by atoms with Gasteiger partial charge < -0.3 is 14.8 Å². The first-order valence-corrected chi connectivity index (χ1v) is 12.2. The quantitative estimate of drug-likeness (QED) is 0.567. The van der Waals surface area contributed by atoms with E-state index < -0.39 is 10.0 Å². The van der Waals surface area contributed by atoms with Crippen molar-refractivity contribution in [3.05, 3.63) is 65.2 Å². The van der Waals surface area contributed by atoms with Crippen molar-refractivity contribution in [2.45, 2.75) is 32.1 Å². The number of rotatable bonds is 10. The van der Waals surface area contributed by atoms with Crippen LogP contribution in [0, 0.1) is 0 Å². The zero-order valence-electron chi connectivity index (χ0n) is 17.9. The molecule has 1 saturated heterocycles. The zero-order chi connectivity index (χ0) is 22.1. The van der Waals surface area contributed by atoms with Crippen LogP contribution in [0.4, 0.5) is 0 Å². The van der Waals surface area contributed by atoms with Crippen molar-refractivity contribution in [2.75, 3.05) is 32.9 Å². The zero-order valence-corrected chi connectivity index (χ0v) is 18.7. The van der Waals surface area contributed by atoms with E-state index in [0.29, 0.717) is 44.0 Å². The molecular weight excluding hydrogens is 416 g/mol. The maximum Gasteiger partial charge on any atom is 0.251 e. The molecule has 0 aliphatic carbocycles. The van der Waals surface area contributed by atoms with Crippen LogP contribution < -0.4 is 10.1 Å². The summed E-state index contributed by atoms with van der Waals surface area (Å²) in [6.45, 7) is 4.60. The SMILES string of the molecule is CCCCOc1ccc(C(=O)NCc2ccccc2CS(=O)(=O)N2CCOCC2)cc1. The standard InChI is InChI=1S/C23H30N2O5S/c1-2-3-14-30-22-10-8-19(9-11-22)23(26)24-17-20-6-4-5-7-21(20)18-31(27,28)25-12-15-29-16-13-25/h4-11H,2-3,12-18H2,1H3,(H,24,26). The van der Waals surface area contributed by atoms with E-state index in [0.717, 1.165) is 24.2 Å². The van der Waals surface area contributed by atoms with Gasteiger partial charge in [-0.3, -0.25) is 4.79 Å². The molecule has 0 saturated carbocycles. The molecule has 2 aromatic rings. The third-order valence-corrected chi connectivity index (χ3v) is 6.97. The number of nitrogens with one attached hydrogen (secondary N) is 1. The second-order valence-corrected chi connectivity index (χ2v) is 9.41. The average Bonchev–Trinajstić information content (AvgIpc) is 2.79. The molecule has 0 bridgehead atoms. The Morgan fingerprint density at radius 2 is 1.74 bits per heavy atom. The van der Waals surface area contributed by atoms with Crippen molar-refractivity contribution in [1.82, 2.24) is 9.62 Å². The number of hydrogen-bond acceptors (Lipinski definition) is 5. The first kappa shape index (κ1) is 23.2. The molecule has 0 radical (unpaired) electrons. The van der Waals surface area contributed by atoms with Crippen molar-refractivity contribution >= 4 is 15.9 Å². The van der Waals surface area contributed by atoms with E-state index in [9.17, 15) is 13.2 Å². The van der Waals surface area contributed by atoms with Gasteiger partial charge in [0.1, 0.15) is 5.75 Å². The van der Waals surface area contributed by atoms with E-state index in [1.54, 1.807) is 30.3 Å². The van der Waals surface area contributed by atoms with Crippen molar-refractivity contribution in [2.24, 2.45) is 0 Å². The predicted octanol–water partition coefficient (Wildman–Crippen LogP) is 2.96. The number of benzene rings is 2. The number of hydrogen-bond donors (Lipinski definition) is 1. The van der Waals surface area contributed by atoms with E-state index in [1.165, 1.54) is 4.31 Å². The fourth-order valence-electron chi connectivity index (χ4n) is 3.30. The summed E-state index contributed by atoms with van der Waals surface area (Å²) in [7, 11) is -3.44. The number of carbonyl (C=O) groups excluding carboxylic acids is 1. The second-order valence-electron chi connectivity index (χ2n) is 7.45. The van der Waals surface area contributed by atoms with Gasteiger partial charge in [0.05, 0.1) is 25.6 Å². The van der Waals surface area contributed by atoms with Gasteiger partial charge in [-0.05, 0) is 41.8 Å². The first-order valence-electron chi connectivity index (χ1n) is 10.6. The fraction of sp³-hybridized carbons (Fsp3) is 0.435. The third kappa shape index (κ3) is 6.78. The second kappa shape index (κ2) is 11.3. The van der Waals surface area contributed by atoms with Crippen LogP contribution in [0.5, 0.6) is 5.75 Å². The van der Waals surface area contributed by atoms with Gasteiger partial charge in [0.15, 0.2) is 0 Å². The molecular formula is C23H30N2O5S. The molecule has 1 heterocycles. The number of nitrogens with zero attached hydrogens (tertiary/aromatic N) is 1. The van der Waals surface area contributed by atoms with Gasteiger partial charge in [0, 0.05) is 25.2 Å². The summed E-state index contributed by atoms with van der Waals surface area (Å²) in [5.41, 5.74) is 2.00. The number of amides is 1. The Labute approximate surface area is 184 Å². The molecule has 3 rings (SSSR count). The summed E-state index contributed by atoms with van der Waals surface area (Å²) >= 11 is 0. The lowest BCUT2D eigenvalue weighted by atomic mass is 10.1. The lowest BCUT2D eigenvalue weighted by Crippen LogP contribution is -2.41. The van der Waals surface area contributed by atoms with Crippen LogP contribution in [0.25, 0.3) is 0 Å². The van der Waals surface area contributed by atoms with Crippen LogP contribution in [0.3, 0.4) is 0 Å². The molecule has 1 aliphatic heterocycles. The number of unbranched alkanes of at least 4 members (excludes halogenated alkanes) is 1. The Hall–Kier alpha value is -2.42. The third-order valence-electron chi connectivity index (χ3n) is 5.14. The highest BCUT2D eigenvalue weighted by molar-refractivity contribution is 7.88. The molecule has 1 N–H and O–H groups in total. The van der Waals surface area contributed by atoms with Gasteiger partial charge in [-0.15, -0.1) is 0 Å². The predicted molar refractivity (Wildman–Crippen MR) is 119 cm³/mol. The number of sulfonamides is 1. The van der Waals surface area contributed by atoms with E-state index in [1.807, 2.05) is 18.2 Å². The van der Waals surface area contributed by atoms with E-state index >= 15 is 0 Å². The Bertz CT molecular complexity index is 954. The Balaban J connectivity index is 1.60. The highest BCUT2D eigenvalue weighted by atomic mass is 32.2. The van der Waals surface area contributed by atoms with Gasteiger partial charge in [0.2, 0.25) is 10.0 Å². The molecule has 7 nitrogen and oxygen atoms in total. The maximum atomic E-state index is 12.8. The molecule has 0 spiro atoms. The molecule has 0 atom stereocenters. The summed E-state index contributed by atoms with van der Waals surface area (Å²) in [6.07, 6.45) is 2.05. The van der Waals surface area contributed by atoms with Gasteiger partial charge in [-0.1, -0.05) is 37.6 Å². The van der Waals surface area contributed by atoms with Crippen LogP contribution in [0.2, 0.25) is 0 Å². The number of morpholine rings is 1. The smallest absolute Gasteiger partial charge is 0.251 e. The fourth-order valence-corrected chi connectivity index (χ4v) is 4.86. The lowest BCUT2D eigenvalue weighted by Gasteiger charge is -2.26. The molecule has 31 heavy (non-hydrogen) atoms. The minimum absolute atomic E-state index is 0.0944. The summed E-state index contributed by atoms with van der Waals surface area (Å²) < 4.78 is 37.9. The van der Waals surface area contributed by atoms with Gasteiger partial charge >= 0.3 is 0 Å². The van der Waals surface area contributed by atoms with E-state index in [2.05, 4.69) is 12.2 Å². The molecule has 8 heteroatoms. The van der Waals surface area contributed by atoms with Crippen LogP contribution in [0.15, 0.2) is 48.5 Å². The normalized spacial score (nSPS) is 14.9. The van der Waals surface area contributed by atoms with Crippen molar-refractivity contribution in [3.8, 4) is 5.75 Å². The molecule has 2 aromatic carbocycles. The van der Waals surface area contributed by atoms with Crippen LogP contribution in [0.1, 0.15) is 41.3 Å².